The zero-order valence-electron chi connectivity index (χ0n) is 18.4. The Morgan fingerprint density at radius 1 is 1.00 bits per heavy atom. The van der Waals surface area contributed by atoms with Crippen molar-refractivity contribution >= 4 is 50.0 Å². The van der Waals surface area contributed by atoms with Crippen LogP contribution in [-0.2, 0) is 11.0 Å². The minimum absolute atomic E-state index is 0.183. The van der Waals surface area contributed by atoms with Crippen molar-refractivity contribution in [3.05, 3.63) is 71.8 Å². The van der Waals surface area contributed by atoms with E-state index in [1.165, 1.54) is 13.0 Å². The van der Waals surface area contributed by atoms with Crippen molar-refractivity contribution in [1.82, 2.24) is 4.98 Å². The quantitative estimate of drug-likeness (QED) is 0.280. The average molecular weight is 511 g/mol. The SMILES string of the molecule is CC(=O)Nc1nc2ccc(Oc3cccc(NC(=O)Nc4ccc(C(F)(F)F)cc4)c3)c(C#N)c2s1. The number of nitrogens with zero attached hydrogens (tertiary/aromatic N) is 2. The lowest BCUT2D eigenvalue weighted by molar-refractivity contribution is -0.137. The molecule has 182 valence electrons. The zero-order valence-corrected chi connectivity index (χ0v) is 19.3. The van der Waals surface area contributed by atoms with E-state index in [1.54, 1.807) is 30.3 Å². The summed E-state index contributed by atoms with van der Waals surface area (Å²) in [5.74, 6) is 0.301. The third kappa shape index (κ3) is 5.70. The molecule has 3 amide bonds. The molecule has 0 bridgehead atoms. The first kappa shape index (κ1) is 24.5. The molecule has 1 heterocycles. The molecule has 3 N–H and O–H groups in total. The van der Waals surface area contributed by atoms with Gasteiger partial charge >= 0.3 is 12.2 Å². The Balaban J connectivity index is 1.48. The molecule has 12 heteroatoms. The summed E-state index contributed by atoms with van der Waals surface area (Å²) in [5, 5.41) is 17.7. The molecule has 3 aromatic carbocycles. The lowest BCUT2D eigenvalue weighted by Crippen LogP contribution is -2.19. The number of halogens is 3. The number of alkyl halides is 3. The van der Waals surface area contributed by atoms with E-state index in [0.29, 0.717) is 26.8 Å². The van der Waals surface area contributed by atoms with Crippen molar-refractivity contribution in [3.8, 4) is 17.6 Å². The number of fused-ring (bicyclic) bond motifs is 1. The van der Waals surface area contributed by atoms with Gasteiger partial charge in [-0.3, -0.25) is 4.79 Å². The van der Waals surface area contributed by atoms with Gasteiger partial charge in [0.15, 0.2) is 5.13 Å². The number of amides is 3. The first-order valence-corrected chi connectivity index (χ1v) is 11.1. The molecule has 0 saturated carbocycles. The van der Waals surface area contributed by atoms with Crippen molar-refractivity contribution in [2.45, 2.75) is 13.1 Å². The molecule has 36 heavy (non-hydrogen) atoms. The monoisotopic (exact) mass is 511 g/mol. The number of aromatic nitrogens is 1. The van der Waals surface area contributed by atoms with E-state index in [4.69, 9.17) is 4.74 Å². The van der Waals surface area contributed by atoms with Crippen molar-refractivity contribution in [2.24, 2.45) is 0 Å². The Hall–Kier alpha value is -4.63. The summed E-state index contributed by atoms with van der Waals surface area (Å²) in [4.78, 5) is 27.9. The van der Waals surface area contributed by atoms with E-state index in [1.807, 2.05) is 0 Å². The number of hydrogen-bond acceptors (Lipinski definition) is 6. The van der Waals surface area contributed by atoms with Gasteiger partial charge in [-0.15, -0.1) is 0 Å². The second-order valence-corrected chi connectivity index (χ2v) is 8.38. The predicted molar refractivity (Wildman–Crippen MR) is 129 cm³/mol. The van der Waals surface area contributed by atoms with Crippen LogP contribution in [-0.4, -0.2) is 16.9 Å². The fourth-order valence-corrected chi connectivity index (χ4v) is 4.17. The number of anilines is 3. The summed E-state index contributed by atoms with van der Waals surface area (Å²) in [6.07, 6.45) is -4.47. The highest BCUT2D eigenvalue weighted by molar-refractivity contribution is 7.22. The third-order valence-electron chi connectivity index (χ3n) is 4.70. The minimum atomic E-state index is -4.47. The number of carbonyl (C=O) groups is 2. The highest BCUT2D eigenvalue weighted by Gasteiger charge is 2.30. The molecule has 0 aliphatic rings. The molecule has 0 fully saturated rings. The number of nitrogens with one attached hydrogen (secondary N) is 3. The summed E-state index contributed by atoms with van der Waals surface area (Å²) in [6.45, 7) is 1.36. The predicted octanol–water partition coefficient (Wildman–Crippen LogP) is 6.58. The second-order valence-electron chi connectivity index (χ2n) is 7.38. The van der Waals surface area contributed by atoms with Gasteiger partial charge in [0, 0.05) is 24.4 Å². The first-order chi connectivity index (χ1) is 17.1. The summed E-state index contributed by atoms with van der Waals surface area (Å²) >= 11 is 1.14. The standard InChI is InChI=1S/C24H16F3N5O3S/c1-13(33)29-23-32-19-9-10-20(18(12-28)21(19)36-23)35-17-4-2-3-16(11-17)31-22(34)30-15-7-5-14(6-8-15)24(25,26)27/h2-11H,1H3,(H,29,32,33)(H2,30,31,34). The molecule has 0 radical (unpaired) electrons. The largest absolute Gasteiger partial charge is 0.456 e. The van der Waals surface area contributed by atoms with Crippen LogP contribution in [0.2, 0.25) is 0 Å². The van der Waals surface area contributed by atoms with Crippen LogP contribution >= 0.6 is 11.3 Å². The Morgan fingerprint density at radius 2 is 1.72 bits per heavy atom. The molecule has 0 atom stereocenters. The topological polar surface area (TPSA) is 116 Å². The molecule has 1 aromatic heterocycles. The smallest absolute Gasteiger partial charge is 0.416 e. The highest BCUT2D eigenvalue weighted by Crippen LogP contribution is 2.36. The Labute approximate surface area is 206 Å². The average Bonchev–Trinajstić information content (AvgIpc) is 3.20. The third-order valence-corrected chi connectivity index (χ3v) is 5.71. The van der Waals surface area contributed by atoms with Crippen molar-refractivity contribution in [2.75, 3.05) is 16.0 Å². The fourth-order valence-electron chi connectivity index (χ4n) is 3.17. The van der Waals surface area contributed by atoms with Crippen molar-refractivity contribution < 1.29 is 27.5 Å². The van der Waals surface area contributed by atoms with Crippen LogP contribution in [0.3, 0.4) is 0 Å². The molecule has 0 aliphatic carbocycles. The summed E-state index contributed by atoms with van der Waals surface area (Å²) in [7, 11) is 0. The van der Waals surface area contributed by atoms with E-state index in [-0.39, 0.29) is 22.9 Å². The van der Waals surface area contributed by atoms with Gasteiger partial charge in [0.05, 0.1) is 15.8 Å². The Kier molecular flexibility index (Phi) is 6.75. The number of urea groups is 1. The highest BCUT2D eigenvalue weighted by atomic mass is 32.1. The first-order valence-electron chi connectivity index (χ1n) is 10.3. The number of ether oxygens (including phenoxy) is 1. The van der Waals surface area contributed by atoms with Crippen molar-refractivity contribution in [1.29, 1.82) is 5.26 Å². The van der Waals surface area contributed by atoms with Crippen LogP contribution in [0, 0.1) is 11.3 Å². The van der Waals surface area contributed by atoms with Gasteiger partial charge < -0.3 is 20.7 Å². The van der Waals surface area contributed by atoms with Gasteiger partial charge in [-0.2, -0.15) is 18.4 Å². The number of nitriles is 1. The molecule has 0 spiro atoms. The van der Waals surface area contributed by atoms with E-state index in [0.717, 1.165) is 35.6 Å². The van der Waals surface area contributed by atoms with E-state index in [2.05, 4.69) is 27.0 Å². The van der Waals surface area contributed by atoms with Crippen LogP contribution in [0.5, 0.6) is 11.5 Å². The zero-order chi connectivity index (χ0) is 25.9. The van der Waals surface area contributed by atoms with Gasteiger partial charge in [-0.1, -0.05) is 17.4 Å². The number of benzene rings is 3. The molecule has 4 aromatic rings. The number of thiazole rings is 1. The molecule has 4 rings (SSSR count). The maximum absolute atomic E-state index is 12.7. The summed E-state index contributed by atoms with van der Waals surface area (Å²) in [6, 6.07) is 15.1. The van der Waals surface area contributed by atoms with Gasteiger partial charge in [0.25, 0.3) is 0 Å². The molecule has 0 saturated heterocycles. The van der Waals surface area contributed by atoms with Crippen LogP contribution in [0.1, 0.15) is 18.1 Å². The second kappa shape index (κ2) is 9.93. The molecular weight excluding hydrogens is 495 g/mol. The lowest BCUT2D eigenvalue weighted by atomic mass is 10.2. The van der Waals surface area contributed by atoms with E-state index >= 15 is 0 Å². The number of hydrogen-bond donors (Lipinski definition) is 3. The fraction of sp³-hybridized carbons (Fsp3) is 0.0833. The Bertz CT molecular complexity index is 1490. The van der Waals surface area contributed by atoms with Crippen LogP contribution in [0.25, 0.3) is 10.2 Å². The van der Waals surface area contributed by atoms with Gasteiger partial charge in [-0.05, 0) is 48.5 Å². The van der Waals surface area contributed by atoms with Gasteiger partial charge in [0.2, 0.25) is 5.91 Å². The normalized spacial score (nSPS) is 11.0. The van der Waals surface area contributed by atoms with E-state index in [9.17, 15) is 28.0 Å². The molecular formula is C24H16F3N5O3S. The van der Waals surface area contributed by atoms with Gasteiger partial charge in [-0.25, -0.2) is 9.78 Å². The summed E-state index contributed by atoms with van der Waals surface area (Å²) < 4.78 is 44.5. The van der Waals surface area contributed by atoms with Crippen LogP contribution in [0.15, 0.2) is 60.7 Å². The maximum atomic E-state index is 12.7. The number of carbonyl (C=O) groups excluding carboxylic acids is 2. The Morgan fingerprint density at radius 3 is 2.39 bits per heavy atom. The molecule has 8 nitrogen and oxygen atoms in total. The van der Waals surface area contributed by atoms with Crippen LogP contribution in [0.4, 0.5) is 34.5 Å². The minimum Gasteiger partial charge on any atom is -0.456 e. The number of rotatable bonds is 5. The van der Waals surface area contributed by atoms with E-state index < -0.39 is 17.8 Å². The van der Waals surface area contributed by atoms with Crippen LogP contribution < -0.4 is 20.7 Å². The van der Waals surface area contributed by atoms with Crippen molar-refractivity contribution in [3.63, 3.8) is 0 Å². The lowest BCUT2D eigenvalue weighted by Gasteiger charge is -2.11. The molecule has 0 unspecified atom stereocenters. The maximum Gasteiger partial charge on any atom is 0.416 e. The van der Waals surface area contributed by atoms with Gasteiger partial charge in [0.1, 0.15) is 23.1 Å². The summed E-state index contributed by atoms with van der Waals surface area (Å²) in [5.41, 5.74) is 0.478. The molecule has 0 aliphatic heterocycles.